The lowest BCUT2D eigenvalue weighted by molar-refractivity contribution is -0.137. The molecule has 3 amide bonds. The van der Waals surface area contributed by atoms with E-state index in [-0.39, 0.29) is 23.8 Å². The Morgan fingerprint density at radius 3 is 2.63 bits per heavy atom. The molecule has 0 spiro atoms. The number of carbonyl (C=O) groups is 3. The smallest absolute Gasteiger partial charge is 0.243 e. The van der Waals surface area contributed by atoms with Crippen LogP contribution in [0.3, 0.4) is 0 Å². The Bertz CT molecular complexity index is 660. The third kappa shape index (κ3) is 6.24. The van der Waals surface area contributed by atoms with Crippen LogP contribution in [0.15, 0.2) is 43.0 Å². The van der Waals surface area contributed by atoms with Gasteiger partial charge in [-0.3, -0.25) is 14.4 Å². The van der Waals surface area contributed by atoms with E-state index in [1.807, 2.05) is 37.3 Å². The van der Waals surface area contributed by atoms with Crippen molar-refractivity contribution in [3.8, 4) is 0 Å². The van der Waals surface area contributed by atoms with Crippen LogP contribution in [0.1, 0.15) is 38.2 Å². The van der Waals surface area contributed by atoms with Gasteiger partial charge in [-0.25, -0.2) is 0 Å². The number of hydrogen-bond acceptors (Lipinski definition) is 3. The molecule has 6 heteroatoms. The first-order valence-corrected chi connectivity index (χ1v) is 9.59. The average molecular weight is 371 g/mol. The summed E-state index contributed by atoms with van der Waals surface area (Å²) in [5.74, 6) is -0.296. The average Bonchev–Trinajstić information content (AvgIpc) is 3.08. The van der Waals surface area contributed by atoms with E-state index >= 15 is 0 Å². The van der Waals surface area contributed by atoms with E-state index in [0.29, 0.717) is 38.8 Å². The molecule has 1 aromatic rings. The SMILES string of the molecule is C=CC(=O)NC(CCNC(=O)C(CC)N1CCCC1=O)Cc1ccccc1. The quantitative estimate of drug-likeness (QED) is 0.616. The third-order valence-electron chi connectivity index (χ3n) is 4.82. The van der Waals surface area contributed by atoms with E-state index in [1.54, 1.807) is 4.90 Å². The number of benzene rings is 1. The van der Waals surface area contributed by atoms with Crippen molar-refractivity contribution in [3.63, 3.8) is 0 Å². The highest BCUT2D eigenvalue weighted by molar-refractivity contribution is 5.88. The monoisotopic (exact) mass is 371 g/mol. The molecule has 0 saturated carbocycles. The molecule has 2 unspecified atom stereocenters. The van der Waals surface area contributed by atoms with Crippen molar-refractivity contribution in [2.45, 2.75) is 51.1 Å². The molecular weight excluding hydrogens is 342 g/mol. The van der Waals surface area contributed by atoms with Gasteiger partial charge >= 0.3 is 0 Å². The van der Waals surface area contributed by atoms with E-state index in [9.17, 15) is 14.4 Å². The van der Waals surface area contributed by atoms with Crippen LogP contribution < -0.4 is 10.6 Å². The molecule has 0 aliphatic carbocycles. The number of carbonyl (C=O) groups excluding carboxylic acids is 3. The first-order chi connectivity index (χ1) is 13.0. The van der Waals surface area contributed by atoms with Crippen LogP contribution >= 0.6 is 0 Å². The standard InChI is InChI=1S/C21H29N3O3/c1-3-18(24-14-8-11-20(24)26)21(27)22-13-12-17(23-19(25)4-2)15-16-9-6-5-7-10-16/h4-7,9-10,17-18H,2-3,8,11-15H2,1H3,(H,22,27)(H,23,25). The van der Waals surface area contributed by atoms with E-state index < -0.39 is 6.04 Å². The summed E-state index contributed by atoms with van der Waals surface area (Å²) >= 11 is 0. The first kappa shape index (κ1) is 20.7. The summed E-state index contributed by atoms with van der Waals surface area (Å²) in [5.41, 5.74) is 1.12. The fraction of sp³-hybridized carbons (Fsp3) is 0.476. The van der Waals surface area contributed by atoms with Crippen molar-refractivity contribution in [2.75, 3.05) is 13.1 Å². The van der Waals surface area contributed by atoms with Gasteiger partial charge in [0.25, 0.3) is 0 Å². The molecule has 0 aromatic heterocycles. The van der Waals surface area contributed by atoms with Crippen LogP contribution in [0, 0.1) is 0 Å². The van der Waals surface area contributed by atoms with Crippen LogP contribution in [0.4, 0.5) is 0 Å². The summed E-state index contributed by atoms with van der Waals surface area (Å²) in [4.78, 5) is 37.8. The number of nitrogens with one attached hydrogen (secondary N) is 2. The van der Waals surface area contributed by atoms with Crippen molar-refractivity contribution >= 4 is 17.7 Å². The summed E-state index contributed by atoms with van der Waals surface area (Å²) in [6.45, 7) is 6.50. The maximum atomic E-state index is 12.5. The Labute approximate surface area is 161 Å². The predicted molar refractivity (Wildman–Crippen MR) is 105 cm³/mol. The Kier molecular flexibility index (Phi) is 8.04. The molecule has 1 fully saturated rings. The molecular formula is C21H29N3O3. The molecule has 1 aliphatic heterocycles. The van der Waals surface area contributed by atoms with Crippen LogP contribution in [0.25, 0.3) is 0 Å². The number of rotatable bonds is 10. The van der Waals surface area contributed by atoms with Crippen LogP contribution in [0.5, 0.6) is 0 Å². The lowest BCUT2D eigenvalue weighted by atomic mass is 10.0. The zero-order chi connectivity index (χ0) is 19.6. The largest absolute Gasteiger partial charge is 0.354 e. The molecule has 1 saturated heterocycles. The van der Waals surface area contributed by atoms with Crippen molar-refractivity contribution in [1.82, 2.24) is 15.5 Å². The van der Waals surface area contributed by atoms with Gasteiger partial charge in [0.2, 0.25) is 17.7 Å². The summed E-state index contributed by atoms with van der Waals surface area (Å²) in [5, 5.41) is 5.85. The molecule has 1 aliphatic rings. The summed E-state index contributed by atoms with van der Waals surface area (Å²) in [6, 6.07) is 9.38. The summed E-state index contributed by atoms with van der Waals surface area (Å²) < 4.78 is 0. The van der Waals surface area contributed by atoms with E-state index in [1.165, 1.54) is 6.08 Å². The molecule has 6 nitrogen and oxygen atoms in total. The van der Waals surface area contributed by atoms with Crippen molar-refractivity contribution in [1.29, 1.82) is 0 Å². The highest BCUT2D eigenvalue weighted by Gasteiger charge is 2.31. The van der Waals surface area contributed by atoms with Gasteiger partial charge in [-0.2, -0.15) is 0 Å². The second-order valence-electron chi connectivity index (χ2n) is 6.79. The minimum atomic E-state index is -0.407. The highest BCUT2D eigenvalue weighted by atomic mass is 16.2. The predicted octanol–water partition coefficient (Wildman–Crippen LogP) is 1.81. The molecule has 2 N–H and O–H groups in total. The van der Waals surface area contributed by atoms with Crippen molar-refractivity contribution < 1.29 is 14.4 Å². The highest BCUT2D eigenvalue weighted by Crippen LogP contribution is 2.16. The van der Waals surface area contributed by atoms with Crippen LogP contribution in [0.2, 0.25) is 0 Å². The van der Waals surface area contributed by atoms with Crippen LogP contribution in [-0.2, 0) is 20.8 Å². The van der Waals surface area contributed by atoms with Gasteiger partial charge in [0.15, 0.2) is 0 Å². The Balaban J connectivity index is 1.89. The Morgan fingerprint density at radius 1 is 1.30 bits per heavy atom. The van der Waals surface area contributed by atoms with Crippen molar-refractivity contribution in [3.05, 3.63) is 48.6 Å². The summed E-state index contributed by atoms with van der Waals surface area (Å²) in [6.07, 6.45) is 4.47. The Hall–Kier alpha value is -2.63. The second kappa shape index (κ2) is 10.5. The van der Waals surface area contributed by atoms with Gasteiger partial charge in [0, 0.05) is 25.6 Å². The van der Waals surface area contributed by atoms with E-state index in [2.05, 4.69) is 17.2 Å². The minimum Gasteiger partial charge on any atom is -0.354 e. The molecule has 2 rings (SSSR count). The molecule has 27 heavy (non-hydrogen) atoms. The minimum absolute atomic E-state index is 0.0530. The normalized spacial score (nSPS) is 15.9. The fourth-order valence-corrected chi connectivity index (χ4v) is 3.42. The topological polar surface area (TPSA) is 78.5 Å². The van der Waals surface area contributed by atoms with Crippen LogP contribution in [-0.4, -0.2) is 47.8 Å². The molecule has 2 atom stereocenters. The second-order valence-corrected chi connectivity index (χ2v) is 6.79. The fourth-order valence-electron chi connectivity index (χ4n) is 3.42. The molecule has 1 heterocycles. The van der Waals surface area contributed by atoms with E-state index in [0.717, 1.165) is 12.0 Å². The lowest BCUT2D eigenvalue weighted by Gasteiger charge is -2.26. The maximum absolute atomic E-state index is 12.5. The molecule has 146 valence electrons. The first-order valence-electron chi connectivity index (χ1n) is 9.59. The number of amides is 3. The van der Waals surface area contributed by atoms with Gasteiger partial charge in [0.05, 0.1) is 0 Å². The van der Waals surface area contributed by atoms with Crippen molar-refractivity contribution in [2.24, 2.45) is 0 Å². The van der Waals surface area contributed by atoms with Gasteiger partial charge in [0.1, 0.15) is 6.04 Å². The van der Waals surface area contributed by atoms with Gasteiger partial charge < -0.3 is 15.5 Å². The van der Waals surface area contributed by atoms with E-state index in [4.69, 9.17) is 0 Å². The van der Waals surface area contributed by atoms with Gasteiger partial charge in [-0.05, 0) is 37.3 Å². The lowest BCUT2D eigenvalue weighted by Crippen LogP contribution is -2.48. The molecule has 0 bridgehead atoms. The number of likely N-dealkylation sites (tertiary alicyclic amines) is 1. The summed E-state index contributed by atoms with van der Waals surface area (Å²) in [7, 11) is 0. The zero-order valence-corrected chi connectivity index (χ0v) is 15.9. The third-order valence-corrected chi connectivity index (χ3v) is 4.82. The van der Waals surface area contributed by atoms with Gasteiger partial charge in [-0.15, -0.1) is 0 Å². The maximum Gasteiger partial charge on any atom is 0.243 e. The Morgan fingerprint density at radius 2 is 2.04 bits per heavy atom. The zero-order valence-electron chi connectivity index (χ0n) is 15.9. The molecule has 1 aromatic carbocycles. The van der Waals surface area contributed by atoms with Gasteiger partial charge in [-0.1, -0.05) is 43.8 Å². The number of hydrogen-bond donors (Lipinski definition) is 2. The molecule has 0 radical (unpaired) electrons. The number of nitrogens with zero attached hydrogens (tertiary/aromatic N) is 1.